The molecule has 0 aromatic carbocycles. The summed E-state index contributed by atoms with van der Waals surface area (Å²) in [5.74, 6) is 1.78. The van der Waals surface area contributed by atoms with E-state index in [-0.39, 0.29) is 0 Å². The van der Waals surface area contributed by atoms with Crippen molar-refractivity contribution in [3.63, 3.8) is 0 Å². The number of alkyl halides is 1. The van der Waals surface area contributed by atoms with E-state index in [9.17, 15) is 8.42 Å². The lowest BCUT2D eigenvalue weighted by Crippen LogP contribution is -2.12. The normalized spacial score (nSPS) is 33.5. The Morgan fingerprint density at radius 1 is 1.36 bits per heavy atom. The van der Waals surface area contributed by atoms with Crippen LogP contribution < -0.4 is 0 Å². The lowest BCUT2D eigenvalue weighted by Gasteiger charge is -2.16. The maximum absolute atomic E-state index is 10.9. The second-order valence-corrected chi connectivity index (χ2v) is 7.92. The Kier molecular flexibility index (Phi) is 4.44. The first-order valence-electron chi connectivity index (χ1n) is 5.22. The van der Waals surface area contributed by atoms with Crippen molar-refractivity contribution in [2.45, 2.75) is 37.4 Å². The molecule has 0 aliphatic heterocycles. The molecule has 1 aliphatic carbocycles. The van der Waals surface area contributed by atoms with Crippen molar-refractivity contribution < 1.29 is 8.42 Å². The van der Waals surface area contributed by atoms with Gasteiger partial charge < -0.3 is 0 Å². The molecule has 1 rings (SSSR count). The molecule has 1 aliphatic rings. The first-order chi connectivity index (χ1) is 6.40. The highest BCUT2D eigenvalue weighted by atomic mass is 79.9. The number of halogens is 1. The van der Waals surface area contributed by atoms with Crippen LogP contribution in [0.5, 0.6) is 0 Å². The predicted molar refractivity (Wildman–Crippen MR) is 63.5 cm³/mol. The van der Waals surface area contributed by atoms with Crippen LogP contribution in [-0.4, -0.2) is 25.3 Å². The van der Waals surface area contributed by atoms with Crippen LogP contribution in [0.1, 0.15) is 32.6 Å². The number of sulfone groups is 1. The SMILES string of the molecule is CC1C(Br)CCC1CCCS(C)(=O)=O. The molecule has 84 valence electrons. The molecule has 0 heterocycles. The fourth-order valence-corrected chi connectivity index (χ4v) is 3.60. The fourth-order valence-electron chi connectivity index (χ4n) is 2.21. The molecule has 2 nitrogen and oxygen atoms in total. The van der Waals surface area contributed by atoms with Gasteiger partial charge in [0.15, 0.2) is 0 Å². The van der Waals surface area contributed by atoms with Gasteiger partial charge in [-0.3, -0.25) is 0 Å². The molecule has 1 saturated carbocycles. The molecule has 0 bridgehead atoms. The highest BCUT2D eigenvalue weighted by Crippen LogP contribution is 2.38. The highest BCUT2D eigenvalue weighted by Gasteiger charge is 2.30. The molecule has 0 radical (unpaired) electrons. The van der Waals surface area contributed by atoms with Crippen LogP contribution in [0.2, 0.25) is 0 Å². The molecular formula is C10H19BrO2S. The molecule has 14 heavy (non-hydrogen) atoms. The fraction of sp³-hybridized carbons (Fsp3) is 1.00. The third kappa shape index (κ3) is 3.89. The summed E-state index contributed by atoms with van der Waals surface area (Å²) in [5, 5.41) is 0. The van der Waals surface area contributed by atoms with Gasteiger partial charge in [-0.15, -0.1) is 0 Å². The molecule has 3 atom stereocenters. The standard InChI is InChI=1S/C10H19BrO2S/c1-8-9(5-6-10(8)11)4-3-7-14(2,12)13/h8-10H,3-7H2,1-2H3. The van der Waals surface area contributed by atoms with Crippen LogP contribution in [0.4, 0.5) is 0 Å². The van der Waals surface area contributed by atoms with E-state index in [0.29, 0.717) is 16.5 Å². The molecular weight excluding hydrogens is 264 g/mol. The second-order valence-electron chi connectivity index (χ2n) is 4.48. The third-order valence-corrected chi connectivity index (χ3v) is 5.54. The molecule has 1 fully saturated rings. The van der Waals surface area contributed by atoms with Gasteiger partial charge in [0.05, 0.1) is 0 Å². The van der Waals surface area contributed by atoms with Gasteiger partial charge in [0.1, 0.15) is 9.84 Å². The lowest BCUT2D eigenvalue weighted by atomic mass is 9.94. The van der Waals surface area contributed by atoms with Gasteiger partial charge >= 0.3 is 0 Å². The summed E-state index contributed by atoms with van der Waals surface area (Å²) in [5.41, 5.74) is 0. The van der Waals surface area contributed by atoms with E-state index in [4.69, 9.17) is 0 Å². The van der Waals surface area contributed by atoms with Crippen LogP contribution in [0, 0.1) is 11.8 Å². The van der Waals surface area contributed by atoms with Crippen molar-refractivity contribution in [2.75, 3.05) is 12.0 Å². The van der Waals surface area contributed by atoms with Crippen LogP contribution in [0.25, 0.3) is 0 Å². The van der Waals surface area contributed by atoms with Crippen molar-refractivity contribution in [1.29, 1.82) is 0 Å². The molecule has 0 spiro atoms. The maximum atomic E-state index is 10.9. The average molecular weight is 283 g/mol. The molecule has 0 N–H and O–H groups in total. The van der Waals surface area contributed by atoms with Crippen LogP contribution in [0.3, 0.4) is 0 Å². The van der Waals surface area contributed by atoms with Gasteiger partial charge in [0.25, 0.3) is 0 Å². The average Bonchev–Trinajstić information content (AvgIpc) is 2.33. The summed E-state index contributed by atoms with van der Waals surface area (Å²) >= 11 is 3.66. The van der Waals surface area contributed by atoms with E-state index in [1.807, 2.05) is 0 Å². The van der Waals surface area contributed by atoms with Crippen molar-refractivity contribution in [2.24, 2.45) is 11.8 Å². The Bertz CT molecular complexity index is 274. The topological polar surface area (TPSA) is 34.1 Å². The third-order valence-electron chi connectivity index (χ3n) is 3.22. The monoisotopic (exact) mass is 282 g/mol. The molecule has 0 aromatic heterocycles. The predicted octanol–water partition coefficient (Wildman–Crippen LogP) is 2.62. The Balaban J connectivity index is 2.26. The zero-order valence-corrected chi connectivity index (χ0v) is 11.3. The van der Waals surface area contributed by atoms with Crippen molar-refractivity contribution in [3.8, 4) is 0 Å². The van der Waals surface area contributed by atoms with Crippen LogP contribution in [0.15, 0.2) is 0 Å². The molecule has 0 saturated heterocycles. The Labute approximate surface area is 95.5 Å². The van der Waals surface area contributed by atoms with E-state index in [1.54, 1.807) is 0 Å². The van der Waals surface area contributed by atoms with E-state index in [2.05, 4.69) is 22.9 Å². The smallest absolute Gasteiger partial charge is 0.147 e. The van der Waals surface area contributed by atoms with E-state index < -0.39 is 9.84 Å². The van der Waals surface area contributed by atoms with E-state index >= 15 is 0 Å². The molecule has 4 heteroatoms. The van der Waals surface area contributed by atoms with Crippen molar-refractivity contribution >= 4 is 25.8 Å². The summed E-state index contributed by atoms with van der Waals surface area (Å²) in [4.78, 5) is 0.644. The zero-order chi connectivity index (χ0) is 10.8. The minimum Gasteiger partial charge on any atom is -0.229 e. The highest BCUT2D eigenvalue weighted by molar-refractivity contribution is 9.09. The van der Waals surface area contributed by atoms with Crippen LogP contribution >= 0.6 is 15.9 Å². The van der Waals surface area contributed by atoms with Gasteiger partial charge in [-0.25, -0.2) is 8.42 Å². The summed E-state index contributed by atoms with van der Waals surface area (Å²) < 4.78 is 21.9. The van der Waals surface area contributed by atoms with Gasteiger partial charge in [-0.05, 0) is 37.5 Å². The number of hydrogen-bond acceptors (Lipinski definition) is 2. The molecule has 0 aromatic rings. The summed E-state index contributed by atoms with van der Waals surface area (Å²) in [6.45, 7) is 2.26. The number of hydrogen-bond donors (Lipinski definition) is 0. The van der Waals surface area contributed by atoms with Gasteiger partial charge in [-0.2, -0.15) is 0 Å². The minimum absolute atomic E-state index is 0.350. The summed E-state index contributed by atoms with van der Waals surface area (Å²) in [7, 11) is -2.76. The van der Waals surface area contributed by atoms with Crippen molar-refractivity contribution in [3.05, 3.63) is 0 Å². The lowest BCUT2D eigenvalue weighted by molar-refractivity contribution is 0.393. The number of rotatable bonds is 4. The summed E-state index contributed by atoms with van der Waals surface area (Å²) in [6, 6.07) is 0. The summed E-state index contributed by atoms with van der Waals surface area (Å²) in [6.07, 6.45) is 5.70. The van der Waals surface area contributed by atoms with Gasteiger partial charge in [0, 0.05) is 16.8 Å². The Morgan fingerprint density at radius 3 is 2.43 bits per heavy atom. The quantitative estimate of drug-likeness (QED) is 0.743. The molecule has 3 unspecified atom stereocenters. The van der Waals surface area contributed by atoms with E-state index in [0.717, 1.165) is 18.8 Å². The van der Waals surface area contributed by atoms with Gasteiger partial charge in [-0.1, -0.05) is 22.9 Å². The van der Waals surface area contributed by atoms with E-state index in [1.165, 1.54) is 19.1 Å². The second kappa shape index (κ2) is 4.97. The van der Waals surface area contributed by atoms with Crippen LogP contribution in [-0.2, 0) is 9.84 Å². The zero-order valence-electron chi connectivity index (χ0n) is 8.87. The maximum Gasteiger partial charge on any atom is 0.147 e. The first kappa shape index (κ1) is 12.5. The molecule has 0 amide bonds. The Hall–Kier alpha value is 0.430. The van der Waals surface area contributed by atoms with Gasteiger partial charge in [0.2, 0.25) is 0 Å². The largest absolute Gasteiger partial charge is 0.229 e. The Morgan fingerprint density at radius 2 is 2.00 bits per heavy atom. The minimum atomic E-state index is -2.76. The van der Waals surface area contributed by atoms with Crippen molar-refractivity contribution in [1.82, 2.24) is 0 Å². The first-order valence-corrected chi connectivity index (χ1v) is 8.19.